The largest absolute Gasteiger partial charge is 0.295 e. The molecule has 0 aliphatic rings. The predicted octanol–water partition coefficient (Wildman–Crippen LogP) is 2.93. The fraction of sp³-hybridized carbons (Fsp3) is 0.217. The Labute approximate surface area is 183 Å². The molecule has 0 saturated carbocycles. The van der Waals surface area contributed by atoms with E-state index in [1.165, 1.54) is 23.7 Å². The molecule has 9 nitrogen and oxygen atoms in total. The molecule has 4 heterocycles. The summed E-state index contributed by atoms with van der Waals surface area (Å²) in [6, 6.07) is 7.62. The van der Waals surface area contributed by atoms with Crippen LogP contribution in [0.1, 0.15) is 49.2 Å². The van der Waals surface area contributed by atoms with Gasteiger partial charge in [-0.2, -0.15) is 10.4 Å². The van der Waals surface area contributed by atoms with Crippen molar-refractivity contribution in [3.05, 3.63) is 75.7 Å². The zero-order valence-corrected chi connectivity index (χ0v) is 17.9. The summed E-state index contributed by atoms with van der Waals surface area (Å²) in [5, 5.41) is 16.6. The molecule has 0 aromatic carbocycles. The van der Waals surface area contributed by atoms with Crippen molar-refractivity contribution < 1.29 is 4.79 Å². The molecule has 0 atom stereocenters. The third-order valence-corrected chi connectivity index (χ3v) is 4.94. The lowest BCUT2D eigenvalue weighted by Gasteiger charge is -2.10. The molecule has 160 valence electrons. The van der Waals surface area contributed by atoms with Crippen LogP contribution >= 0.6 is 0 Å². The zero-order valence-electron chi connectivity index (χ0n) is 17.9. The van der Waals surface area contributed by atoms with Gasteiger partial charge in [0.05, 0.1) is 29.8 Å². The van der Waals surface area contributed by atoms with Gasteiger partial charge in [-0.25, -0.2) is 9.50 Å². The van der Waals surface area contributed by atoms with Crippen LogP contribution in [-0.2, 0) is 11.3 Å². The number of pyridine rings is 1. The van der Waals surface area contributed by atoms with Crippen molar-refractivity contribution in [3.8, 4) is 17.3 Å². The van der Waals surface area contributed by atoms with Gasteiger partial charge in [0.2, 0.25) is 0 Å². The maximum Gasteiger partial charge on any atom is 0.276 e. The van der Waals surface area contributed by atoms with E-state index in [-0.39, 0.29) is 22.9 Å². The Hall–Kier alpha value is -4.32. The minimum Gasteiger partial charge on any atom is -0.295 e. The summed E-state index contributed by atoms with van der Waals surface area (Å²) in [4.78, 5) is 33.4. The average Bonchev–Trinajstić information content (AvgIpc) is 3.39. The Kier molecular flexibility index (Phi) is 5.52. The van der Waals surface area contributed by atoms with E-state index in [0.29, 0.717) is 34.6 Å². The van der Waals surface area contributed by atoms with Gasteiger partial charge < -0.3 is 0 Å². The van der Waals surface area contributed by atoms with E-state index < -0.39 is 0 Å². The molecular formula is C23H21N7O2. The van der Waals surface area contributed by atoms with Crippen molar-refractivity contribution in [2.45, 2.75) is 33.2 Å². The van der Waals surface area contributed by atoms with E-state index in [9.17, 15) is 14.9 Å². The topological polar surface area (TPSA) is 122 Å². The van der Waals surface area contributed by atoms with Crippen molar-refractivity contribution in [3.63, 3.8) is 0 Å². The van der Waals surface area contributed by atoms with Crippen molar-refractivity contribution in [2.24, 2.45) is 0 Å². The number of carbonyl (C=O) groups is 1. The lowest BCUT2D eigenvalue weighted by atomic mass is 10.00. The number of nitriles is 1. The van der Waals surface area contributed by atoms with Crippen molar-refractivity contribution in [2.75, 3.05) is 0 Å². The highest BCUT2D eigenvalue weighted by Crippen LogP contribution is 2.26. The van der Waals surface area contributed by atoms with Crippen LogP contribution in [-0.4, -0.2) is 35.1 Å². The van der Waals surface area contributed by atoms with Crippen molar-refractivity contribution in [1.82, 2.24) is 29.4 Å². The van der Waals surface area contributed by atoms with E-state index in [2.05, 4.69) is 26.2 Å². The van der Waals surface area contributed by atoms with Gasteiger partial charge in [-0.1, -0.05) is 19.9 Å². The third-order valence-electron chi connectivity index (χ3n) is 4.94. The van der Waals surface area contributed by atoms with Crippen LogP contribution in [0.2, 0.25) is 0 Å². The number of rotatable bonds is 6. The maximum atomic E-state index is 13.1. The first kappa shape index (κ1) is 20.9. The minimum atomic E-state index is -0.235. The van der Waals surface area contributed by atoms with Crippen molar-refractivity contribution in [1.29, 1.82) is 5.26 Å². The number of nitrogens with one attached hydrogen (secondary N) is 1. The number of H-pyrrole nitrogens is 1. The summed E-state index contributed by atoms with van der Waals surface area (Å²) >= 11 is 0. The number of hydrogen-bond acceptors (Lipinski definition) is 6. The number of aromatic amines is 1. The van der Waals surface area contributed by atoms with Crippen LogP contribution in [0.4, 0.5) is 0 Å². The highest BCUT2D eigenvalue weighted by Gasteiger charge is 2.20. The fourth-order valence-corrected chi connectivity index (χ4v) is 3.47. The molecule has 0 bridgehead atoms. The molecule has 4 rings (SSSR count). The number of nitrogens with zero attached hydrogens (tertiary/aromatic N) is 6. The van der Waals surface area contributed by atoms with Gasteiger partial charge in [0.1, 0.15) is 11.6 Å². The molecule has 0 saturated heterocycles. The van der Waals surface area contributed by atoms with Gasteiger partial charge in [-0.05, 0) is 37.1 Å². The van der Waals surface area contributed by atoms with E-state index in [1.807, 2.05) is 38.2 Å². The SMILES string of the molecule is CC(=O)C=Cc1cccc(Cn2cc(-c3nc4c(C#N)c[nH]n4c(=O)c3C(C)C)cn2)n1. The fourth-order valence-electron chi connectivity index (χ4n) is 3.47. The van der Waals surface area contributed by atoms with Gasteiger partial charge in [0, 0.05) is 23.5 Å². The number of aromatic nitrogens is 6. The van der Waals surface area contributed by atoms with Gasteiger partial charge in [0.15, 0.2) is 11.4 Å². The van der Waals surface area contributed by atoms with Gasteiger partial charge in [-0.15, -0.1) is 0 Å². The van der Waals surface area contributed by atoms with Crippen LogP contribution in [0.15, 0.2) is 47.7 Å². The van der Waals surface area contributed by atoms with Gasteiger partial charge in [-0.3, -0.25) is 24.4 Å². The molecule has 0 fully saturated rings. The summed E-state index contributed by atoms with van der Waals surface area (Å²) in [7, 11) is 0. The van der Waals surface area contributed by atoms with E-state index in [4.69, 9.17) is 0 Å². The van der Waals surface area contributed by atoms with Crippen LogP contribution in [0, 0.1) is 11.3 Å². The third kappa shape index (κ3) is 3.98. The Morgan fingerprint density at radius 3 is 2.84 bits per heavy atom. The van der Waals surface area contributed by atoms with E-state index in [1.54, 1.807) is 17.0 Å². The molecule has 0 spiro atoms. The second-order valence-electron chi connectivity index (χ2n) is 7.72. The molecule has 0 unspecified atom stereocenters. The van der Waals surface area contributed by atoms with Crippen LogP contribution in [0.3, 0.4) is 0 Å². The molecule has 1 N–H and O–H groups in total. The maximum absolute atomic E-state index is 13.1. The zero-order chi connectivity index (χ0) is 22.8. The standard InChI is InChI=1S/C23H21N7O2/c1-14(2)20-21(28-22-16(9-24)10-26-30(22)23(20)32)17-11-25-29(12-17)13-19-6-4-5-18(27-19)8-7-15(3)31/h4-8,10-12,14,26H,13H2,1-3H3. The Balaban J connectivity index is 1.72. The summed E-state index contributed by atoms with van der Waals surface area (Å²) in [5.74, 6) is -0.122. The first-order valence-electron chi connectivity index (χ1n) is 10.1. The molecule has 0 aliphatic carbocycles. The second kappa shape index (κ2) is 8.43. The van der Waals surface area contributed by atoms with Gasteiger partial charge >= 0.3 is 0 Å². The lowest BCUT2D eigenvalue weighted by molar-refractivity contribution is -0.112. The van der Waals surface area contributed by atoms with Crippen LogP contribution in [0.5, 0.6) is 0 Å². The molecule has 0 aliphatic heterocycles. The number of allylic oxidation sites excluding steroid dienone is 1. The summed E-state index contributed by atoms with van der Waals surface area (Å²) in [6.07, 6.45) is 8.08. The molecule has 4 aromatic rings. The molecule has 9 heteroatoms. The van der Waals surface area contributed by atoms with Crippen LogP contribution in [0.25, 0.3) is 23.0 Å². The molecule has 0 radical (unpaired) electrons. The van der Waals surface area contributed by atoms with Crippen LogP contribution < -0.4 is 5.56 Å². The summed E-state index contributed by atoms with van der Waals surface area (Å²) < 4.78 is 3.01. The van der Waals surface area contributed by atoms with E-state index in [0.717, 1.165) is 5.69 Å². The monoisotopic (exact) mass is 427 g/mol. The summed E-state index contributed by atoms with van der Waals surface area (Å²) in [5.41, 5.74) is 3.55. The predicted molar refractivity (Wildman–Crippen MR) is 119 cm³/mol. The van der Waals surface area contributed by atoms with Crippen molar-refractivity contribution >= 4 is 17.5 Å². The Bertz CT molecular complexity index is 1450. The normalized spacial score (nSPS) is 11.5. The highest BCUT2D eigenvalue weighted by molar-refractivity contribution is 5.91. The smallest absolute Gasteiger partial charge is 0.276 e. The molecule has 0 amide bonds. The average molecular weight is 427 g/mol. The first-order valence-corrected chi connectivity index (χ1v) is 10.1. The second-order valence-corrected chi connectivity index (χ2v) is 7.72. The van der Waals surface area contributed by atoms with Gasteiger partial charge in [0.25, 0.3) is 5.56 Å². The molecular weight excluding hydrogens is 406 g/mol. The lowest BCUT2D eigenvalue weighted by Crippen LogP contribution is -2.22. The highest BCUT2D eigenvalue weighted by atomic mass is 16.1. The molecule has 4 aromatic heterocycles. The van der Waals surface area contributed by atoms with E-state index >= 15 is 0 Å². The number of ketones is 1. The summed E-state index contributed by atoms with van der Waals surface area (Å²) in [6.45, 7) is 5.75. The Morgan fingerprint density at radius 1 is 1.31 bits per heavy atom. The molecule has 32 heavy (non-hydrogen) atoms. The number of hydrogen-bond donors (Lipinski definition) is 1. The number of carbonyl (C=O) groups excluding carboxylic acids is 1. The minimum absolute atomic E-state index is 0.0442. The number of fused-ring (bicyclic) bond motifs is 1. The first-order chi connectivity index (χ1) is 15.4. The quantitative estimate of drug-likeness (QED) is 0.472. The Morgan fingerprint density at radius 2 is 2.12 bits per heavy atom.